The van der Waals surface area contributed by atoms with Crippen molar-refractivity contribution in [2.24, 2.45) is 7.05 Å². The van der Waals surface area contributed by atoms with Crippen LogP contribution in [0.25, 0.3) is 49.2 Å². The van der Waals surface area contributed by atoms with Gasteiger partial charge in [0.25, 0.3) is 0 Å². The van der Waals surface area contributed by atoms with Gasteiger partial charge in [-0.3, -0.25) is 0 Å². The molecule has 0 bridgehead atoms. The summed E-state index contributed by atoms with van der Waals surface area (Å²) in [5, 5.41) is 1.34. The van der Waals surface area contributed by atoms with Gasteiger partial charge >= 0.3 is 0 Å². The van der Waals surface area contributed by atoms with Crippen LogP contribution in [0.5, 0.6) is 0 Å². The molecule has 2 heterocycles. The van der Waals surface area contributed by atoms with Gasteiger partial charge in [0.2, 0.25) is 5.69 Å². The summed E-state index contributed by atoms with van der Waals surface area (Å²) in [6.07, 6.45) is 0. The summed E-state index contributed by atoms with van der Waals surface area (Å²) in [7, 11) is 1.79. The Bertz CT molecular complexity index is 1870. The van der Waals surface area contributed by atoms with Crippen LogP contribution in [0.4, 0.5) is 5.69 Å². The van der Waals surface area contributed by atoms with Crippen LogP contribution >= 0.6 is 0 Å². The molecule has 2 aromatic heterocycles. The number of hydrogen-bond donors (Lipinski definition) is 0. The molecule has 0 radical (unpaired) electrons. The van der Waals surface area contributed by atoms with Crippen LogP contribution in [0.2, 0.25) is 0 Å². The van der Waals surface area contributed by atoms with Crippen molar-refractivity contribution < 1.29 is 20.0 Å². The highest BCUT2D eigenvalue weighted by Gasteiger charge is 2.24. The van der Waals surface area contributed by atoms with Gasteiger partial charge in [-0.15, -0.1) is 0 Å². The van der Waals surface area contributed by atoms with Crippen molar-refractivity contribution in [1.29, 1.82) is 0 Å². The van der Waals surface area contributed by atoms with E-state index in [9.17, 15) is 0 Å². The fraction of sp³-hybridized carbons (Fsp3) is 0.143. The zero-order chi connectivity index (χ0) is 28.5. The third-order valence-corrected chi connectivity index (χ3v) is 5.78. The Morgan fingerprint density at radius 3 is 2.29 bits per heavy atom. The number of furan rings is 1. The minimum Gasteiger partial charge on any atom is -0.456 e. The average molecular weight is 412 g/mol. The van der Waals surface area contributed by atoms with E-state index in [-0.39, 0.29) is 28.0 Å². The molecule has 0 aliphatic rings. The Morgan fingerprint density at radius 2 is 1.58 bits per heavy atom. The Morgan fingerprint density at radius 1 is 0.903 bits per heavy atom. The summed E-state index contributed by atoms with van der Waals surface area (Å²) >= 11 is 0. The van der Waals surface area contributed by atoms with Crippen LogP contribution in [0.15, 0.2) is 71.0 Å². The zero-order valence-corrected chi connectivity index (χ0v) is 17.3. The van der Waals surface area contributed by atoms with Crippen molar-refractivity contribution in [1.82, 2.24) is 0 Å². The molecule has 0 aliphatic heterocycles. The number of aromatic nitrogens is 1. The van der Waals surface area contributed by atoms with Crippen molar-refractivity contribution in [3.63, 3.8) is 0 Å². The number of nitrogens with zero attached hydrogens (tertiary/aromatic N) is 2. The molecule has 0 saturated heterocycles. The van der Waals surface area contributed by atoms with E-state index in [4.69, 9.17) is 22.0 Å². The first kappa shape index (κ1) is 12.1. The van der Waals surface area contributed by atoms with E-state index in [1.807, 2.05) is 19.1 Å². The average Bonchev–Trinajstić information content (AvgIpc) is 3.26. The summed E-state index contributed by atoms with van der Waals surface area (Å²) in [4.78, 5) is 3.58. The SMILES string of the molecule is [2H]c1c([2H])c([2H])c(-c2c([N+]#[C-])ccc3c2oc2c(-c4ccc(C([2H])([2H])[2H])c(C)[n+]4C)c(C)ccc23)c([2H])c1[2H]. The van der Waals surface area contributed by atoms with E-state index in [0.717, 1.165) is 16.8 Å². The summed E-state index contributed by atoms with van der Waals surface area (Å²) in [5.41, 5.74) is 3.99. The molecule has 0 unspecified atom stereocenters. The number of benzene rings is 3. The van der Waals surface area contributed by atoms with Crippen LogP contribution in [0, 0.1) is 27.3 Å². The summed E-state index contributed by atoms with van der Waals surface area (Å²) < 4.78 is 73.2. The maximum Gasteiger partial charge on any atom is 0.216 e. The highest BCUT2D eigenvalue weighted by Crippen LogP contribution is 2.44. The first-order valence-electron chi connectivity index (χ1n) is 13.7. The lowest BCUT2D eigenvalue weighted by molar-refractivity contribution is -0.667. The van der Waals surface area contributed by atoms with Crippen molar-refractivity contribution in [2.75, 3.05) is 0 Å². The third-order valence-electron chi connectivity index (χ3n) is 5.78. The van der Waals surface area contributed by atoms with Gasteiger partial charge in [-0.05, 0) is 31.0 Å². The quantitative estimate of drug-likeness (QED) is 0.222. The van der Waals surface area contributed by atoms with E-state index in [1.165, 1.54) is 0 Å². The van der Waals surface area contributed by atoms with Gasteiger partial charge in [0, 0.05) is 39.0 Å². The van der Waals surface area contributed by atoms with Crippen LogP contribution in [0.3, 0.4) is 0 Å². The Labute approximate surface area is 193 Å². The molecular weight excluding hydrogens is 380 g/mol. The van der Waals surface area contributed by atoms with E-state index in [0.29, 0.717) is 22.0 Å². The molecule has 3 nitrogen and oxygen atoms in total. The smallest absolute Gasteiger partial charge is 0.216 e. The molecule has 0 aliphatic carbocycles. The Balaban J connectivity index is 1.92. The molecule has 3 heteroatoms. The molecule has 0 fully saturated rings. The van der Waals surface area contributed by atoms with Crippen LogP contribution in [0.1, 0.15) is 27.8 Å². The number of fused-ring (bicyclic) bond motifs is 3. The van der Waals surface area contributed by atoms with Crippen LogP contribution in [-0.4, -0.2) is 0 Å². The molecule has 31 heavy (non-hydrogen) atoms. The van der Waals surface area contributed by atoms with Gasteiger partial charge in [-0.2, -0.15) is 4.57 Å². The first-order chi connectivity index (χ1) is 18.3. The lowest BCUT2D eigenvalue weighted by Gasteiger charge is -2.08. The minimum atomic E-state index is -2.27. The molecule has 150 valence electrons. The molecule has 0 amide bonds. The van der Waals surface area contributed by atoms with Crippen molar-refractivity contribution in [3.8, 4) is 22.4 Å². The van der Waals surface area contributed by atoms with Crippen molar-refractivity contribution >= 4 is 27.6 Å². The molecule has 5 aromatic rings. The maximum absolute atomic E-state index is 8.52. The number of aryl methyl sites for hydroxylation is 2. The number of rotatable bonds is 2. The van der Waals surface area contributed by atoms with E-state index >= 15 is 0 Å². The molecule has 0 atom stereocenters. The number of hydrogen-bond acceptors (Lipinski definition) is 1. The fourth-order valence-electron chi connectivity index (χ4n) is 4.03. The standard InChI is InChI=1S/C28H23N2O/c1-17-12-16-24(30(5)19(17)3)25-18(2)11-13-21-22-14-15-23(29-4)26(28(22)31-27(21)25)20-9-7-6-8-10-20/h6-16H,1-3,5H3/q+1/i1D3,6D,7D,8D,9D,10D. The second-order valence-corrected chi connectivity index (χ2v) is 7.46. The van der Waals surface area contributed by atoms with E-state index < -0.39 is 37.1 Å². The number of pyridine rings is 1. The fourth-order valence-corrected chi connectivity index (χ4v) is 4.03. The Hall–Kier alpha value is -3.90. The zero-order valence-electron chi connectivity index (χ0n) is 25.3. The lowest BCUT2D eigenvalue weighted by Crippen LogP contribution is -2.35. The largest absolute Gasteiger partial charge is 0.456 e. The normalized spacial score (nSPS) is 15.3. The predicted octanol–water partition coefficient (Wildman–Crippen LogP) is 7.22. The van der Waals surface area contributed by atoms with Crippen LogP contribution in [-0.2, 0) is 7.05 Å². The summed E-state index contributed by atoms with van der Waals surface area (Å²) in [6.45, 7) is 9.14. The van der Waals surface area contributed by atoms with Gasteiger partial charge in [0.05, 0.1) is 19.0 Å². The van der Waals surface area contributed by atoms with Gasteiger partial charge in [0.1, 0.15) is 18.2 Å². The second-order valence-electron chi connectivity index (χ2n) is 7.46. The molecule has 0 N–H and O–H groups in total. The van der Waals surface area contributed by atoms with E-state index in [1.54, 1.807) is 42.8 Å². The highest BCUT2D eigenvalue weighted by molar-refractivity contribution is 6.15. The summed E-state index contributed by atoms with van der Waals surface area (Å²) in [6, 6.07) is 8.08. The van der Waals surface area contributed by atoms with E-state index in [2.05, 4.69) is 4.85 Å². The molecule has 0 saturated carbocycles. The predicted molar refractivity (Wildman–Crippen MR) is 126 cm³/mol. The first-order valence-corrected chi connectivity index (χ1v) is 9.73. The highest BCUT2D eigenvalue weighted by atomic mass is 16.3. The van der Waals surface area contributed by atoms with Gasteiger partial charge < -0.3 is 4.42 Å². The topological polar surface area (TPSA) is 21.4 Å². The molecule has 0 spiro atoms. The minimum absolute atomic E-state index is 0.0987. The van der Waals surface area contributed by atoms with Crippen molar-refractivity contribution in [2.45, 2.75) is 20.7 Å². The van der Waals surface area contributed by atoms with Crippen LogP contribution < -0.4 is 4.57 Å². The molecule has 5 rings (SSSR count). The third kappa shape index (κ3) is 2.84. The molecular formula is C28H23N2O+. The van der Waals surface area contributed by atoms with Gasteiger partial charge in [-0.25, -0.2) is 4.85 Å². The van der Waals surface area contributed by atoms with Gasteiger partial charge in [-0.1, -0.05) is 54.5 Å². The monoisotopic (exact) mass is 411 g/mol. The molecule has 3 aromatic carbocycles. The summed E-state index contributed by atoms with van der Waals surface area (Å²) in [5.74, 6) is 0. The Kier molecular flexibility index (Phi) is 2.77. The maximum atomic E-state index is 8.52. The second kappa shape index (κ2) is 7.11. The lowest BCUT2D eigenvalue weighted by atomic mass is 9.98. The van der Waals surface area contributed by atoms with Gasteiger partial charge in [0.15, 0.2) is 11.4 Å². The van der Waals surface area contributed by atoms with Crippen molar-refractivity contribution in [3.05, 3.63) is 94.8 Å².